The van der Waals surface area contributed by atoms with Gasteiger partial charge >= 0.3 is 0 Å². The van der Waals surface area contributed by atoms with E-state index in [1.165, 1.54) is 12.8 Å². The summed E-state index contributed by atoms with van der Waals surface area (Å²) in [5.41, 5.74) is 6.50. The first-order chi connectivity index (χ1) is 7.66. The topological polar surface area (TPSA) is 78.9 Å². The summed E-state index contributed by atoms with van der Waals surface area (Å²) in [6.07, 6.45) is 4.74. The van der Waals surface area contributed by atoms with Crippen LogP contribution in [0.1, 0.15) is 24.8 Å². The van der Waals surface area contributed by atoms with E-state index in [0.29, 0.717) is 12.5 Å². The van der Waals surface area contributed by atoms with Crippen LogP contribution in [-0.4, -0.2) is 28.6 Å². The van der Waals surface area contributed by atoms with Gasteiger partial charge in [-0.15, -0.1) is 5.10 Å². The molecule has 3 N–H and O–H groups in total. The monoisotopic (exact) mass is 219 g/mol. The number of hydrogen-bond acceptors (Lipinski definition) is 4. The number of nitrogens with zero attached hydrogens (tertiary/aromatic N) is 3. The summed E-state index contributed by atoms with van der Waals surface area (Å²) < 4.78 is 0. The van der Waals surface area contributed by atoms with E-state index in [2.05, 4.69) is 15.1 Å². The van der Waals surface area contributed by atoms with E-state index >= 15 is 0 Å². The fourth-order valence-electron chi connectivity index (χ4n) is 1.70. The number of hydrogen-bond donors (Lipinski definition) is 2. The number of aryl methyl sites for hydroxylation is 1. The van der Waals surface area contributed by atoms with Crippen LogP contribution >= 0.6 is 0 Å². The third kappa shape index (κ3) is 2.68. The van der Waals surface area contributed by atoms with E-state index in [9.17, 15) is 0 Å². The van der Waals surface area contributed by atoms with Gasteiger partial charge in [0, 0.05) is 19.0 Å². The highest BCUT2D eigenvalue weighted by atomic mass is 15.3. The fourth-order valence-corrected chi connectivity index (χ4v) is 1.70. The van der Waals surface area contributed by atoms with Gasteiger partial charge in [0.05, 0.1) is 12.0 Å². The normalized spacial score (nSPS) is 14.8. The standard InChI is InChI=1S/C11H17N5/c1-8-6-11(15-14-7-8)16(9-2-3-9)5-4-10(12)13/h6-7,9H,2-5H2,1H3,(H3,12,13). The molecule has 0 atom stereocenters. The lowest BCUT2D eigenvalue weighted by Crippen LogP contribution is -2.30. The first-order valence-corrected chi connectivity index (χ1v) is 5.55. The third-order valence-electron chi connectivity index (χ3n) is 2.68. The minimum Gasteiger partial charge on any atom is -0.388 e. The van der Waals surface area contributed by atoms with E-state index in [0.717, 1.165) is 17.9 Å². The predicted octanol–water partition coefficient (Wildman–Crippen LogP) is 1.08. The SMILES string of the molecule is Cc1cnnc(N(CCC(=N)N)C2CC2)c1. The molecule has 86 valence electrons. The van der Waals surface area contributed by atoms with Crippen molar-refractivity contribution < 1.29 is 0 Å². The quantitative estimate of drug-likeness (QED) is 0.573. The van der Waals surface area contributed by atoms with Gasteiger partial charge in [-0.25, -0.2) is 0 Å². The summed E-state index contributed by atoms with van der Waals surface area (Å²) in [6.45, 7) is 2.77. The summed E-state index contributed by atoms with van der Waals surface area (Å²) in [7, 11) is 0. The molecule has 0 bridgehead atoms. The minimum absolute atomic E-state index is 0.228. The highest BCUT2D eigenvalue weighted by Crippen LogP contribution is 2.30. The van der Waals surface area contributed by atoms with Crippen LogP contribution in [0.15, 0.2) is 12.3 Å². The molecule has 1 aromatic rings. The molecule has 0 spiro atoms. The lowest BCUT2D eigenvalue weighted by molar-refractivity contribution is 0.766. The van der Waals surface area contributed by atoms with Crippen molar-refractivity contribution in [2.24, 2.45) is 5.73 Å². The molecule has 1 aromatic heterocycles. The largest absolute Gasteiger partial charge is 0.388 e. The van der Waals surface area contributed by atoms with Gasteiger partial charge in [0.25, 0.3) is 0 Å². The Kier molecular flexibility index (Phi) is 3.03. The lowest BCUT2D eigenvalue weighted by atomic mass is 10.3. The zero-order valence-corrected chi connectivity index (χ0v) is 9.48. The Balaban J connectivity index is 2.09. The van der Waals surface area contributed by atoms with Crippen LogP contribution in [0.2, 0.25) is 0 Å². The van der Waals surface area contributed by atoms with Crippen molar-refractivity contribution in [3.63, 3.8) is 0 Å². The molecule has 0 aliphatic heterocycles. The average molecular weight is 219 g/mol. The van der Waals surface area contributed by atoms with Gasteiger partial charge in [0.15, 0.2) is 5.82 Å². The Labute approximate surface area is 95.2 Å². The van der Waals surface area contributed by atoms with Gasteiger partial charge in [0.2, 0.25) is 0 Å². The van der Waals surface area contributed by atoms with Crippen molar-refractivity contribution in [1.82, 2.24) is 10.2 Å². The smallest absolute Gasteiger partial charge is 0.151 e. The number of nitrogens with one attached hydrogen (secondary N) is 1. The molecule has 16 heavy (non-hydrogen) atoms. The molecule has 1 fully saturated rings. The zero-order chi connectivity index (χ0) is 11.5. The highest BCUT2D eigenvalue weighted by Gasteiger charge is 2.30. The second-order valence-electron chi connectivity index (χ2n) is 4.29. The summed E-state index contributed by atoms with van der Waals surface area (Å²) in [6, 6.07) is 2.60. The van der Waals surface area contributed by atoms with E-state index in [4.69, 9.17) is 11.1 Å². The van der Waals surface area contributed by atoms with Gasteiger partial charge < -0.3 is 10.6 Å². The molecular formula is C11H17N5. The molecule has 0 aromatic carbocycles. The molecule has 0 unspecified atom stereocenters. The molecule has 1 aliphatic rings. The Morgan fingerprint density at radius 3 is 2.94 bits per heavy atom. The Morgan fingerprint density at radius 1 is 1.62 bits per heavy atom. The van der Waals surface area contributed by atoms with E-state index in [1.54, 1.807) is 6.20 Å². The second kappa shape index (κ2) is 4.47. The van der Waals surface area contributed by atoms with Gasteiger partial charge in [-0.2, -0.15) is 5.10 Å². The van der Waals surface area contributed by atoms with Crippen molar-refractivity contribution in [3.05, 3.63) is 17.8 Å². The molecule has 0 amide bonds. The maximum atomic E-state index is 7.27. The summed E-state index contributed by atoms with van der Waals surface area (Å²) in [5, 5.41) is 15.4. The van der Waals surface area contributed by atoms with Crippen molar-refractivity contribution >= 4 is 11.7 Å². The maximum Gasteiger partial charge on any atom is 0.151 e. The summed E-state index contributed by atoms with van der Waals surface area (Å²) >= 11 is 0. The van der Waals surface area contributed by atoms with E-state index < -0.39 is 0 Å². The predicted molar refractivity (Wildman–Crippen MR) is 63.7 cm³/mol. The van der Waals surface area contributed by atoms with E-state index in [-0.39, 0.29) is 5.84 Å². The summed E-state index contributed by atoms with van der Waals surface area (Å²) in [4.78, 5) is 2.21. The van der Waals surface area contributed by atoms with Gasteiger partial charge in [-0.3, -0.25) is 5.41 Å². The maximum absolute atomic E-state index is 7.27. The molecule has 0 radical (unpaired) electrons. The third-order valence-corrected chi connectivity index (χ3v) is 2.68. The first kappa shape index (κ1) is 10.9. The van der Waals surface area contributed by atoms with Crippen LogP contribution in [-0.2, 0) is 0 Å². The number of rotatable bonds is 5. The second-order valence-corrected chi connectivity index (χ2v) is 4.29. The molecule has 1 saturated carbocycles. The number of amidine groups is 1. The Morgan fingerprint density at radius 2 is 2.38 bits per heavy atom. The van der Waals surface area contributed by atoms with Crippen molar-refractivity contribution in [3.8, 4) is 0 Å². The summed E-state index contributed by atoms with van der Waals surface area (Å²) in [5.74, 6) is 1.13. The fraction of sp³-hybridized carbons (Fsp3) is 0.545. The number of nitrogens with two attached hydrogens (primary N) is 1. The molecule has 1 aliphatic carbocycles. The molecule has 2 rings (SSSR count). The van der Waals surface area contributed by atoms with Crippen LogP contribution < -0.4 is 10.6 Å². The van der Waals surface area contributed by atoms with Gasteiger partial charge in [-0.1, -0.05) is 0 Å². The van der Waals surface area contributed by atoms with Crippen LogP contribution in [0.3, 0.4) is 0 Å². The lowest BCUT2D eigenvalue weighted by Gasteiger charge is -2.22. The molecule has 1 heterocycles. The first-order valence-electron chi connectivity index (χ1n) is 5.55. The van der Waals surface area contributed by atoms with Crippen molar-refractivity contribution in [1.29, 1.82) is 5.41 Å². The molecular weight excluding hydrogens is 202 g/mol. The zero-order valence-electron chi connectivity index (χ0n) is 9.48. The van der Waals surface area contributed by atoms with Gasteiger partial charge in [0.1, 0.15) is 0 Å². The van der Waals surface area contributed by atoms with Crippen LogP contribution in [0.5, 0.6) is 0 Å². The molecule has 5 nitrogen and oxygen atoms in total. The van der Waals surface area contributed by atoms with E-state index in [1.807, 2.05) is 13.0 Å². The molecule has 0 saturated heterocycles. The van der Waals surface area contributed by atoms with Gasteiger partial charge in [-0.05, 0) is 31.4 Å². The number of aromatic nitrogens is 2. The van der Waals surface area contributed by atoms with Crippen molar-refractivity contribution in [2.75, 3.05) is 11.4 Å². The highest BCUT2D eigenvalue weighted by molar-refractivity contribution is 5.77. The van der Waals surface area contributed by atoms with Crippen LogP contribution in [0.4, 0.5) is 5.82 Å². The number of anilines is 1. The van der Waals surface area contributed by atoms with Crippen molar-refractivity contribution in [2.45, 2.75) is 32.2 Å². The molecule has 5 heteroatoms. The Bertz CT molecular complexity index is 386. The van der Waals surface area contributed by atoms with Crippen LogP contribution in [0.25, 0.3) is 0 Å². The Hall–Kier alpha value is -1.65. The minimum atomic E-state index is 0.228. The van der Waals surface area contributed by atoms with Crippen LogP contribution in [0, 0.1) is 12.3 Å². The average Bonchev–Trinajstić information content (AvgIpc) is 3.02.